The molecule has 0 amide bonds. The molecule has 0 unspecified atom stereocenters. The lowest BCUT2D eigenvalue weighted by Crippen LogP contribution is -2.35. The number of nitrogens with two attached hydrogens (primary N) is 1. The normalized spacial score (nSPS) is 18.6. The van der Waals surface area contributed by atoms with E-state index in [1.54, 1.807) is 0 Å². The average molecular weight is 264 g/mol. The molecule has 1 aliphatic rings. The van der Waals surface area contributed by atoms with Gasteiger partial charge in [-0.2, -0.15) is 11.8 Å². The quantitative estimate of drug-likeness (QED) is 0.806. The van der Waals surface area contributed by atoms with Crippen LogP contribution in [0.1, 0.15) is 37.7 Å². The molecule has 0 heterocycles. The van der Waals surface area contributed by atoms with Gasteiger partial charge in [0, 0.05) is 22.7 Å². The van der Waals surface area contributed by atoms with Gasteiger partial charge in [0.1, 0.15) is 0 Å². The Morgan fingerprint density at radius 1 is 1.28 bits per heavy atom. The third kappa shape index (κ3) is 3.14. The summed E-state index contributed by atoms with van der Waals surface area (Å²) in [5.74, 6) is 0. The van der Waals surface area contributed by atoms with Crippen LogP contribution in [0, 0.1) is 6.92 Å². The van der Waals surface area contributed by atoms with E-state index in [1.807, 2.05) is 24.8 Å². The first-order chi connectivity index (χ1) is 8.65. The highest BCUT2D eigenvalue weighted by atomic mass is 32.2. The van der Waals surface area contributed by atoms with Gasteiger partial charge >= 0.3 is 0 Å². The van der Waals surface area contributed by atoms with Crippen LogP contribution in [0.4, 0.5) is 11.4 Å². The van der Waals surface area contributed by atoms with Gasteiger partial charge in [-0.1, -0.05) is 25.3 Å². The average Bonchev–Trinajstić information content (AvgIpc) is 2.41. The number of hydrogen-bond acceptors (Lipinski definition) is 3. The molecule has 2 nitrogen and oxygen atoms in total. The summed E-state index contributed by atoms with van der Waals surface area (Å²) in [6.07, 6.45) is 9.07. The van der Waals surface area contributed by atoms with Crippen molar-refractivity contribution in [2.45, 2.75) is 43.8 Å². The number of hydrogen-bond donors (Lipinski definition) is 2. The topological polar surface area (TPSA) is 38.0 Å². The Labute approximate surface area is 115 Å². The smallest absolute Gasteiger partial charge is 0.0364 e. The molecule has 1 saturated carbocycles. The number of nitrogen functional groups attached to an aromatic ring is 1. The van der Waals surface area contributed by atoms with E-state index in [9.17, 15) is 0 Å². The van der Waals surface area contributed by atoms with E-state index in [-0.39, 0.29) is 0 Å². The number of nitrogens with one attached hydrogen (secondary N) is 1. The molecule has 100 valence electrons. The highest BCUT2D eigenvalue weighted by molar-refractivity contribution is 8.00. The fourth-order valence-corrected chi connectivity index (χ4v) is 3.58. The summed E-state index contributed by atoms with van der Waals surface area (Å²) < 4.78 is 0.428. The first-order valence-electron chi connectivity index (χ1n) is 6.80. The maximum absolute atomic E-state index is 5.95. The Hall–Kier alpha value is -0.830. The fraction of sp³-hybridized carbons (Fsp3) is 0.600. The molecule has 1 fully saturated rings. The molecule has 18 heavy (non-hydrogen) atoms. The fourth-order valence-electron chi connectivity index (χ4n) is 2.66. The molecule has 0 spiro atoms. The Balaban J connectivity index is 1.98. The van der Waals surface area contributed by atoms with Crippen molar-refractivity contribution in [1.29, 1.82) is 0 Å². The third-order valence-electron chi connectivity index (χ3n) is 4.09. The molecular formula is C15H24N2S. The predicted molar refractivity (Wildman–Crippen MR) is 83.4 cm³/mol. The van der Waals surface area contributed by atoms with E-state index in [4.69, 9.17) is 5.73 Å². The zero-order chi connectivity index (χ0) is 13.0. The van der Waals surface area contributed by atoms with E-state index in [0.717, 1.165) is 23.5 Å². The molecule has 3 heteroatoms. The van der Waals surface area contributed by atoms with Gasteiger partial charge in [0.05, 0.1) is 0 Å². The largest absolute Gasteiger partial charge is 0.398 e. The van der Waals surface area contributed by atoms with Crippen LogP contribution < -0.4 is 11.1 Å². The molecule has 2 rings (SSSR count). The van der Waals surface area contributed by atoms with Crippen LogP contribution in [0.2, 0.25) is 0 Å². The minimum atomic E-state index is 0.428. The van der Waals surface area contributed by atoms with E-state index in [2.05, 4.69) is 23.7 Å². The number of aryl methyl sites for hydroxylation is 1. The Morgan fingerprint density at radius 2 is 2.00 bits per heavy atom. The highest BCUT2D eigenvalue weighted by Gasteiger charge is 2.30. The van der Waals surface area contributed by atoms with Crippen molar-refractivity contribution in [3.63, 3.8) is 0 Å². The van der Waals surface area contributed by atoms with Crippen LogP contribution in [-0.4, -0.2) is 17.5 Å². The molecule has 1 aromatic carbocycles. The summed E-state index contributed by atoms with van der Waals surface area (Å²) >= 11 is 2.03. The maximum Gasteiger partial charge on any atom is 0.0364 e. The second-order valence-corrected chi connectivity index (χ2v) is 6.65. The van der Waals surface area contributed by atoms with Crippen LogP contribution in [0.15, 0.2) is 18.2 Å². The minimum absolute atomic E-state index is 0.428. The van der Waals surface area contributed by atoms with Gasteiger partial charge in [-0.15, -0.1) is 0 Å². The Kier molecular flexibility index (Phi) is 4.44. The van der Waals surface area contributed by atoms with Crippen molar-refractivity contribution in [2.75, 3.05) is 23.9 Å². The van der Waals surface area contributed by atoms with Gasteiger partial charge in [0.2, 0.25) is 0 Å². The zero-order valence-electron chi connectivity index (χ0n) is 11.5. The van der Waals surface area contributed by atoms with Gasteiger partial charge in [0.15, 0.2) is 0 Å². The standard InChI is InChI=1S/C15H24N2S/c1-12-6-7-13(10-14(12)16)17-11-15(18-2)8-4-3-5-9-15/h6-7,10,17H,3-5,8-9,11,16H2,1-2H3. The summed E-state index contributed by atoms with van der Waals surface area (Å²) in [4.78, 5) is 0. The van der Waals surface area contributed by atoms with E-state index in [0.29, 0.717) is 4.75 Å². The van der Waals surface area contributed by atoms with Crippen molar-refractivity contribution in [3.8, 4) is 0 Å². The lowest BCUT2D eigenvalue weighted by Gasteiger charge is -2.36. The zero-order valence-corrected chi connectivity index (χ0v) is 12.3. The van der Waals surface area contributed by atoms with Crippen LogP contribution >= 0.6 is 11.8 Å². The molecule has 1 aromatic rings. The summed E-state index contributed by atoms with van der Waals surface area (Å²) in [5.41, 5.74) is 9.13. The van der Waals surface area contributed by atoms with E-state index < -0.39 is 0 Å². The molecule has 0 saturated heterocycles. The molecule has 0 aromatic heterocycles. The summed E-state index contributed by atoms with van der Waals surface area (Å²) in [5, 5.41) is 3.57. The number of benzene rings is 1. The monoisotopic (exact) mass is 264 g/mol. The number of thioether (sulfide) groups is 1. The number of rotatable bonds is 4. The molecule has 0 bridgehead atoms. The molecular weight excluding hydrogens is 240 g/mol. The summed E-state index contributed by atoms with van der Waals surface area (Å²) in [7, 11) is 0. The molecule has 0 radical (unpaired) electrons. The van der Waals surface area contributed by atoms with Crippen molar-refractivity contribution in [3.05, 3.63) is 23.8 Å². The first kappa shape index (κ1) is 13.6. The molecule has 0 aliphatic heterocycles. The highest BCUT2D eigenvalue weighted by Crippen LogP contribution is 2.38. The van der Waals surface area contributed by atoms with Gasteiger partial charge in [-0.05, 0) is 43.7 Å². The minimum Gasteiger partial charge on any atom is -0.398 e. The summed E-state index contributed by atoms with van der Waals surface area (Å²) in [6.45, 7) is 3.10. The molecule has 3 N–H and O–H groups in total. The van der Waals surface area contributed by atoms with Gasteiger partial charge in [-0.25, -0.2) is 0 Å². The van der Waals surface area contributed by atoms with Crippen molar-refractivity contribution < 1.29 is 0 Å². The van der Waals surface area contributed by atoms with Crippen LogP contribution in [0.5, 0.6) is 0 Å². The molecule has 0 atom stereocenters. The van der Waals surface area contributed by atoms with Gasteiger partial charge in [0.25, 0.3) is 0 Å². The van der Waals surface area contributed by atoms with Crippen molar-refractivity contribution in [2.24, 2.45) is 0 Å². The summed E-state index contributed by atoms with van der Waals surface area (Å²) in [6, 6.07) is 6.26. The van der Waals surface area contributed by atoms with Crippen LogP contribution in [0.3, 0.4) is 0 Å². The van der Waals surface area contributed by atoms with Gasteiger partial charge < -0.3 is 11.1 Å². The second kappa shape index (κ2) is 5.87. The Bertz CT molecular complexity index is 397. The van der Waals surface area contributed by atoms with Crippen molar-refractivity contribution >= 4 is 23.1 Å². The van der Waals surface area contributed by atoms with Gasteiger partial charge in [-0.3, -0.25) is 0 Å². The molecule has 1 aliphatic carbocycles. The third-order valence-corrected chi connectivity index (χ3v) is 5.51. The second-order valence-electron chi connectivity index (χ2n) is 5.37. The van der Waals surface area contributed by atoms with Crippen molar-refractivity contribution in [1.82, 2.24) is 0 Å². The van der Waals surface area contributed by atoms with Crippen LogP contribution in [-0.2, 0) is 0 Å². The lowest BCUT2D eigenvalue weighted by molar-refractivity contribution is 0.411. The Morgan fingerprint density at radius 3 is 2.61 bits per heavy atom. The lowest BCUT2D eigenvalue weighted by atomic mass is 9.88. The maximum atomic E-state index is 5.95. The predicted octanol–water partition coefficient (Wildman–Crippen LogP) is 4.06. The SMILES string of the molecule is CSC1(CNc2ccc(C)c(N)c2)CCCCC1. The number of anilines is 2. The van der Waals surface area contributed by atoms with E-state index >= 15 is 0 Å². The van der Waals surface area contributed by atoms with Crippen LogP contribution in [0.25, 0.3) is 0 Å². The van der Waals surface area contributed by atoms with E-state index in [1.165, 1.54) is 32.1 Å². The first-order valence-corrected chi connectivity index (χ1v) is 8.03.